The summed E-state index contributed by atoms with van der Waals surface area (Å²) in [5, 5.41) is 3.11. The Kier molecular flexibility index (Phi) is 7.91. The van der Waals surface area contributed by atoms with Crippen molar-refractivity contribution >= 4 is 9.84 Å². The van der Waals surface area contributed by atoms with Gasteiger partial charge >= 0.3 is 0 Å². The zero-order valence-electron chi connectivity index (χ0n) is 10.7. The molecule has 0 radical (unpaired) electrons. The third-order valence-electron chi connectivity index (χ3n) is 2.45. The molecule has 1 N–H and O–H groups in total. The van der Waals surface area contributed by atoms with Crippen molar-refractivity contribution in [2.45, 2.75) is 13.0 Å². The maximum Gasteiger partial charge on any atom is 0.148 e. The van der Waals surface area contributed by atoms with E-state index in [-0.39, 0.29) is 5.75 Å². The van der Waals surface area contributed by atoms with Crippen LogP contribution in [0.15, 0.2) is 0 Å². The van der Waals surface area contributed by atoms with Gasteiger partial charge in [0.2, 0.25) is 0 Å². The molecular formula is C10H24N2O3S. The predicted octanol–water partition coefficient (Wildman–Crippen LogP) is -0.413. The van der Waals surface area contributed by atoms with E-state index < -0.39 is 9.84 Å². The van der Waals surface area contributed by atoms with Crippen LogP contribution in [0.4, 0.5) is 0 Å². The fourth-order valence-electron chi connectivity index (χ4n) is 1.23. The normalized spacial score (nSPS) is 14.3. The number of likely N-dealkylation sites (N-methyl/N-ethyl adjacent to an activating group) is 1. The summed E-state index contributed by atoms with van der Waals surface area (Å²) >= 11 is 0. The maximum absolute atomic E-state index is 10.9. The average molecular weight is 252 g/mol. The topological polar surface area (TPSA) is 58.6 Å². The van der Waals surface area contributed by atoms with Gasteiger partial charge in [0, 0.05) is 39.0 Å². The third-order valence-corrected chi connectivity index (χ3v) is 3.40. The number of ether oxygens (including phenoxy) is 1. The first-order valence-electron chi connectivity index (χ1n) is 5.44. The molecule has 0 aromatic heterocycles. The molecule has 0 saturated carbocycles. The van der Waals surface area contributed by atoms with Gasteiger partial charge in [-0.15, -0.1) is 0 Å². The van der Waals surface area contributed by atoms with E-state index in [1.807, 2.05) is 7.05 Å². The van der Waals surface area contributed by atoms with Gasteiger partial charge in [-0.2, -0.15) is 0 Å². The molecule has 98 valence electrons. The first-order chi connectivity index (χ1) is 7.37. The quantitative estimate of drug-likeness (QED) is 0.565. The Labute approximate surface area is 99.1 Å². The Balaban J connectivity index is 3.51. The SMILES string of the molecule is COCC(C)N(C)CCNCCS(C)(=O)=O. The Morgan fingerprint density at radius 1 is 1.38 bits per heavy atom. The molecule has 0 aromatic rings. The fraction of sp³-hybridized carbons (Fsp3) is 1.00. The highest BCUT2D eigenvalue weighted by atomic mass is 32.2. The van der Waals surface area contributed by atoms with E-state index >= 15 is 0 Å². The van der Waals surface area contributed by atoms with E-state index in [2.05, 4.69) is 17.1 Å². The maximum atomic E-state index is 10.9. The monoisotopic (exact) mass is 252 g/mol. The van der Waals surface area contributed by atoms with Crippen LogP contribution in [0.2, 0.25) is 0 Å². The Morgan fingerprint density at radius 2 is 2.00 bits per heavy atom. The van der Waals surface area contributed by atoms with Gasteiger partial charge < -0.3 is 15.0 Å². The van der Waals surface area contributed by atoms with Gasteiger partial charge in [-0.3, -0.25) is 0 Å². The average Bonchev–Trinajstić information content (AvgIpc) is 2.15. The molecule has 0 fully saturated rings. The smallest absolute Gasteiger partial charge is 0.148 e. The van der Waals surface area contributed by atoms with Crippen LogP contribution in [0.5, 0.6) is 0 Å². The molecule has 0 saturated heterocycles. The van der Waals surface area contributed by atoms with Crippen LogP contribution in [-0.4, -0.2) is 71.8 Å². The molecule has 5 nitrogen and oxygen atoms in total. The molecule has 16 heavy (non-hydrogen) atoms. The molecule has 0 spiro atoms. The van der Waals surface area contributed by atoms with Crippen LogP contribution in [-0.2, 0) is 14.6 Å². The molecule has 0 heterocycles. The van der Waals surface area contributed by atoms with Gasteiger partial charge in [0.1, 0.15) is 9.84 Å². The molecule has 0 bridgehead atoms. The van der Waals surface area contributed by atoms with Gasteiger partial charge in [0.15, 0.2) is 0 Å². The molecule has 6 heteroatoms. The first kappa shape index (κ1) is 15.8. The van der Waals surface area contributed by atoms with Crippen LogP contribution < -0.4 is 5.32 Å². The molecular weight excluding hydrogens is 228 g/mol. The van der Waals surface area contributed by atoms with Crippen LogP contribution in [0.25, 0.3) is 0 Å². The molecule has 0 aliphatic heterocycles. The molecule has 0 aliphatic rings. The second-order valence-electron chi connectivity index (χ2n) is 4.16. The summed E-state index contributed by atoms with van der Waals surface area (Å²) in [4.78, 5) is 2.18. The van der Waals surface area contributed by atoms with Crippen molar-refractivity contribution in [3.8, 4) is 0 Å². The van der Waals surface area contributed by atoms with E-state index in [4.69, 9.17) is 4.74 Å². The number of sulfone groups is 1. The van der Waals surface area contributed by atoms with Gasteiger partial charge in [-0.05, 0) is 14.0 Å². The number of rotatable bonds is 9. The Bertz CT molecular complexity index is 267. The highest BCUT2D eigenvalue weighted by molar-refractivity contribution is 7.90. The van der Waals surface area contributed by atoms with Crippen LogP contribution >= 0.6 is 0 Å². The minimum absolute atomic E-state index is 0.199. The highest BCUT2D eigenvalue weighted by Crippen LogP contribution is 1.94. The molecule has 0 aromatic carbocycles. The molecule has 0 amide bonds. The van der Waals surface area contributed by atoms with Crippen molar-refractivity contribution in [2.24, 2.45) is 0 Å². The number of nitrogens with zero attached hydrogens (tertiary/aromatic N) is 1. The van der Waals surface area contributed by atoms with E-state index in [0.717, 1.165) is 13.1 Å². The summed E-state index contributed by atoms with van der Waals surface area (Å²) < 4.78 is 26.8. The number of nitrogens with one attached hydrogen (secondary N) is 1. The number of hydrogen-bond donors (Lipinski definition) is 1. The fourth-order valence-corrected chi connectivity index (χ4v) is 1.74. The van der Waals surface area contributed by atoms with Crippen LogP contribution in [0.3, 0.4) is 0 Å². The first-order valence-corrected chi connectivity index (χ1v) is 7.50. The van der Waals surface area contributed by atoms with E-state index in [1.54, 1.807) is 7.11 Å². The van der Waals surface area contributed by atoms with Gasteiger partial charge in [-0.25, -0.2) is 8.42 Å². The second kappa shape index (κ2) is 8.00. The zero-order valence-corrected chi connectivity index (χ0v) is 11.5. The minimum atomic E-state index is -2.85. The number of methoxy groups -OCH3 is 1. The summed E-state index contributed by atoms with van der Waals surface area (Å²) in [6.07, 6.45) is 1.25. The minimum Gasteiger partial charge on any atom is -0.383 e. The lowest BCUT2D eigenvalue weighted by atomic mass is 10.3. The van der Waals surface area contributed by atoms with Crippen LogP contribution in [0.1, 0.15) is 6.92 Å². The second-order valence-corrected chi connectivity index (χ2v) is 6.42. The summed E-state index contributed by atoms with van der Waals surface area (Å²) in [6, 6.07) is 0.377. The highest BCUT2D eigenvalue weighted by Gasteiger charge is 2.07. The van der Waals surface area contributed by atoms with E-state index in [1.165, 1.54) is 6.26 Å². The molecule has 0 aliphatic carbocycles. The lowest BCUT2D eigenvalue weighted by Gasteiger charge is -2.23. The van der Waals surface area contributed by atoms with Gasteiger partial charge in [0.05, 0.1) is 12.4 Å². The third kappa shape index (κ3) is 9.08. The Hall–Kier alpha value is -0.170. The molecule has 0 rings (SSSR count). The zero-order chi connectivity index (χ0) is 12.6. The summed E-state index contributed by atoms with van der Waals surface area (Å²) in [6.45, 7) is 5.00. The lowest BCUT2D eigenvalue weighted by molar-refractivity contribution is 0.116. The van der Waals surface area contributed by atoms with Crippen molar-refractivity contribution in [1.82, 2.24) is 10.2 Å². The van der Waals surface area contributed by atoms with Gasteiger partial charge in [0.25, 0.3) is 0 Å². The van der Waals surface area contributed by atoms with Gasteiger partial charge in [-0.1, -0.05) is 0 Å². The molecule has 1 unspecified atom stereocenters. The summed E-state index contributed by atoms with van der Waals surface area (Å²) in [5.74, 6) is 0.199. The number of hydrogen-bond acceptors (Lipinski definition) is 5. The predicted molar refractivity (Wildman–Crippen MR) is 66.5 cm³/mol. The lowest BCUT2D eigenvalue weighted by Crippen LogP contribution is -2.38. The van der Waals surface area contributed by atoms with Crippen LogP contribution in [0, 0.1) is 0 Å². The van der Waals surface area contributed by atoms with Crippen molar-refractivity contribution < 1.29 is 13.2 Å². The summed E-state index contributed by atoms with van der Waals surface area (Å²) in [5.41, 5.74) is 0. The van der Waals surface area contributed by atoms with E-state index in [0.29, 0.717) is 19.2 Å². The molecule has 1 atom stereocenters. The summed E-state index contributed by atoms with van der Waals surface area (Å²) in [7, 11) is 0.873. The Morgan fingerprint density at radius 3 is 2.50 bits per heavy atom. The largest absolute Gasteiger partial charge is 0.383 e. The van der Waals surface area contributed by atoms with Crippen molar-refractivity contribution in [3.05, 3.63) is 0 Å². The van der Waals surface area contributed by atoms with Crippen molar-refractivity contribution in [3.63, 3.8) is 0 Å². The van der Waals surface area contributed by atoms with E-state index in [9.17, 15) is 8.42 Å². The van der Waals surface area contributed by atoms with Crippen molar-refractivity contribution in [2.75, 3.05) is 52.4 Å². The standard InChI is InChI=1S/C10H24N2O3S/c1-10(9-15-3)12(2)7-5-11-6-8-16(4,13)14/h10-11H,5-9H2,1-4H3. The van der Waals surface area contributed by atoms with Crippen molar-refractivity contribution in [1.29, 1.82) is 0 Å².